The standard InChI is InChI=1S/C12H7ClF3N/c13-10-6-11(8-4-2-1-3-5-8)17-7-9(10)12(14,15)16/h1-7H. The summed E-state index contributed by atoms with van der Waals surface area (Å²) in [5.41, 5.74) is 0.227. The summed E-state index contributed by atoms with van der Waals surface area (Å²) >= 11 is 5.60. The zero-order valence-electron chi connectivity index (χ0n) is 8.50. The van der Waals surface area contributed by atoms with Gasteiger partial charge in [-0.1, -0.05) is 41.9 Å². The van der Waals surface area contributed by atoms with Gasteiger partial charge in [0.25, 0.3) is 0 Å². The summed E-state index contributed by atoms with van der Waals surface area (Å²) in [4.78, 5) is 3.77. The predicted octanol–water partition coefficient (Wildman–Crippen LogP) is 4.42. The van der Waals surface area contributed by atoms with E-state index in [4.69, 9.17) is 11.6 Å². The molecular weight excluding hydrogens is 251 g/mol. The zero-order chi connectivity index (χ0) is 12.5. The maximum absolute atomic E-state index is 12.5. The topological polar surface area (TPSA) is 12.9 Å². The van der Waals surface area contributed by atoms with Crippen molar-refractivity contribution >= 4 is 11.6 Å². The van der Waals surface area contributed by atoms with Gasteiger partial charge in [-0.05, 0) is 6.07 Å². The van der Waals surface area contributed by atoms with E-state index in [1.807, 2.05) is 6.07 Å². The first-order chi connectivity index (χ1) is 7.98. The van der Waals surface area contributed by atoms with E-state index < -0.39 is 11.7 Å². The minimum atomic E-state index is -4.47. The van der Waals surface area contributed by atoms with E-state index in [0.717, 1.165) is 11.8 Å². The first-order valence-corrected chi connectivity index (χ1v) is 5.14. The molecule has 1 aromatic heterocycles. The second-order valence-corrected chi connectivity index (χ2v) is 3.82. The van der Waals surface area contributed by atoms with E-state index in [0.29, 0.717) is 5.69 Å². The third-order valence-electron chi connectivity index (χ3n) is 2.23. The van der Waals surface area contributed by atoms with Crippen LogP contribution >= 0.6 is 11.6 Å². The maximum Gasteiger partial charge on any atom is 0.419 e. The number of nitrogens with zero attached hydrogens (tertiary/aromatic N) is 1. The third-order valence-corrected chi connectivity index (χ3v) is 2.54. The van der Waals surface area contributed by atoms with E-state index in [9.17, 15) is 13.2 Å². The zero-order valence-corrected chi connectivity index (χ0v) is 9.26. The molecule has 0 aliphatic rings. The van der Waals surface area contributed by atoms with Crippen LogP contribution in [0, 0.1) is 0 Å². The van der Waals surface area contributed by atoms with Gasteiger partial charge in [0, 0.05) is 11.8 Å². The summed E-state index contributed by atoms with van der Waals surface area (Å²) < 4.78 is 37.4. The van der Waals surface area contributed by atoms with Crippen molar-refractivity contribution in [1.29, 1.82) is 0 Å². The van der Waals surface area contributed by atoms with Gasteiger partial charge in [0.15, 0.2) is 0 Å². The van der Waals surface area contributed by atoms with Gasteiger partial charge >= 0.3 is 6.18 Å². The van der Waals surface area contributed by atoms with Crippen molar-refractivity contribution < 1.29 is 13.2 Å². The van der Waals surface area contributed by atoms with E-state index in [1.54, 1.807) is 24.3 Å². The van der Waals surface area contributed by atoms with Crippen molar-refractivity contribution in [3.05, 3.63) is 53.2 Å². The lowest BCUT2D eigenvalue weighted by Crippen LogP contribution is -2.06. The van der Waals surface area contributed by atoms with Crippen molar-refractivity contribution in [3.63, 3.8) is 0 Å². The Morgan fingerprint density at radius 1 is 1.06 bits per heavy atom. The first kappa shape index (κ1) is 11.9. The largest absolute Gasteiger partial charge is 0.419 e. The minimum Gasteiger partial charge on any atom is -0.256 e. The fourth-order valence-electron chi connectivity index (χ4n) is 1.41. The highest BCUT2D eigenvalue weighted by Gasteiger charge is 2.33. The molecule has 0 bridgehead atoms. The lowest BCUT2D eigenvalue weighted by atomic mass is 10.1. The summed E-state index contributed by atoms with van der Waals surface area (Å²) in [6.45, 7) is 0. The maximum atomic E-state index is 12.5. The van der Waals surface area contributed by atoms with Gasteiger partial charge < -0.3 is 0 Å². The van der Waals surface area contributed by atoms with Crippen LogP contribution in [0.2, 0.25) is 5.02 Å². The summed E-state index contributed by atoms with van der Waals surface area (Å²) in [6.07, 6.45) is -3.72. The Labute approximate surface area is 101 Å². The van der Waals surface area contributed by atoms with Crippen molar-refractivity contribution in [1.82, 2.24) is 4.98 Å². The molecule has 17 heavy (non-hydrogen) atoms. The Hall–Kier alpha value is -1.55. The molecule has 1 nitrogen and oxygen atoms in total. The van der Waals surface area contributed by atoms with E-state index >= 15 is 0 Å². The van der Waals surface area contributed by atoms with Crippen molar-refractivity contribution in [2.75, 3.05) is 0 Å². The number of rotatable bonds is 1. The van der Waals surface area contributed by atoms with Crippen LogP contribution in [-0.2, 0) is 6.18 Å². The molecule has 0 aliphatic carbocycles. The summed E-state index contributed by atoms with van der Waals surface area (Å²) in [7, 11) is 0. The number of benzene rings is 1. The van der Waals surface area contributed by atoms with Crippen molar-refractivity contribution in [2.45, 2.75) is 6.18 Å². The molecule has 0 spiro atoms. The molecule has 0 saturated carbocycles. The minimum absolute atomic E-state index is 0.341. The molecule has 0 saturated heterocycles. The van der Waals surface area contributed by atoms with Gasteiger partial charge in [-0.15, -0.1) is 0 Å². The molecule has 88 valence electrons. The molecule has 0 N–H and O–H groups in total. The van der Waals surface area contributed by atoms with Crippen LogP contribution in [0.25, 0.3) is 11.3 Å². The molecule has 2 aromatic rings. The molecule has 0 aliphatic heterocycles. The van der Waals surface area contributed by atoms with Crippen molar-refractivity contribution in [2.24, 2.45) is 0 Å². The lowest BCUT2D eigenvalue weighted by molar-refractivity contribution is -0.137. The van der Waals surface area contributed by atoms with Crippen LogP contribution in [0.3, 0.4) is 0 Å². The second-order valence-electron chi connectivity index (χ2n) is 3.41. The number of aromatic nitrogens is 1. The van der Waals surface area contributed by atoms with E-state index in [2.05, 4.69) is 4.98 Å². The number of hydrogen-bond donors (Lipinski definition) is 0. The molecule has 0 amide bonds. The second kappa shape index (κ2) is 4.37. The summed E-state index contributed by atoms with van der Waals surface area (Å²) in [5.74, 6) is 0. The summed E-state index contributed by atoms with van der Waals surface area (Å²) in [6, 6.07) is 10.1. The molecule has 1 heterocycles. The Kier molecular flexibility index (Phi) is 3.07. The quantitative estimate of drug-likeness (QED) is 0.737. The third kappa shape index (κ3) is 2.58. The number of hydrogen-bond acceptors (Lipinski definition) is 1. The Bertz CT molecular complexity index is 523. The van der Waals surface area contributed by atoms with Gasteiger partial charge in [-0.25, -0.2) is 0 Å². The molecule has 0 unspecified atom stereocenters. The highest BCUT2D eigenvalue weighted by atomic mass is 35.5. The number of alkyl halides is 3. The van der Waals surface area contributed by atoms with Crippen LogP contribution in [0.5, 0.6) is 0 Å². The van der Waals surface area contributed by atoms with Gasteiger partial charge in [0.1, 0.15) is 0 Å². The van der Waals surface area contributed by atoms with Crippen LogP contribution in [0.4, 0.5) is 13.2 Å². The van der Waals surface area contributed by atoms with E-state index in [1.165, 1.54) is 6.07 Å². The van der Waals surface area contributed by atoms with Gasteiger partial charge in [-0.2, -0.15) is 13.2 Å². The molecular formula is C12H7ClF3N. The average molecular weight is 258 g/mol. The smallest absolute Gasteiger partial charge is 0.256 e. The molecule has 2 rings (SSSR count). The highest BCUT2D eigenvalue weighted by Crippen LogP contribution is 2.35. The van der Waals surface area contributed by atoms with E-state index in [-0.39, 0.29) is 5.02 Å². The Balaban J connectivity index is 2.45. The Morgan fingerprint density at radius 3 is 2.24 bits per heavy atom. The SMILES string of the molecule is FC(F)(F)c1cnc(-c2ccccc2)cc1Cl. The fraction of sp³-hybridized carbons (Fsp3) is 0.0833. The van der Waals surface area contributed by atoms with Gasteiger partial charge in [0.2, 0.25) is 0 Å². The first-order valence-electron chi connectivity index (χ1n) is 4.76. The van der Waals surface area contributed by atoms with Gasteiger partial charge in [-0.3, -0.25) is 4.98 Å². The molecule has 1 aromatic carbocycles. The van der Waals surface area contributed by atoms with Crippen LogP contribution < -0.4 is 0 Å². The lowest BCUT2D eigenvalue weighted by Gasteiger charge is -2.09. The highest BCUT2D eigenvalue weighted by molar-refractivity contribution is 6.31. The van der Waals surface area contributed by atoms with Crippen LogP contribution in [0.15, 0.2) is 42.6 Å². The van der Waals surface area contributed by atoms with Crippen LogP contribution in [0.1, 0.15) is 5.56 Å². The van der Waals surface area contributed by atoms with Gasteiger partial charge in [0.05, 0.1) is 16.3 Å². The van der Waals surface area contributed by atoms with Crippen molar-refractivity contribution in [3.8, 4) is 11.3 Å². The molecule has 0 atom stereocenters. The number of pyridine rings is 1. The predicted molar refractivity (Wildman–Crippen MR) is 59.7 cm³/mol. The van der Waals surface area contributed by atoms with Crippen LogP contribution in [-0.4, -0.2) is 4.98 Å². The monoisotopic (exact) mass is 257 g/mol. The molecule has 0 radical (unpaired) electrons. The average Bonchev–Trinajstić information content (AvgIpc) is 2.28. The number of halogens is 4. The summed E-state index contributed by atoms with van der Waals surface area (Å²) in [5, 5.41) is -0.341. The Morgan fingerprint density at radius 2 is 1.71 bits per heavy atom. The molecule has 5 heteroatoms. The molecule has 0 fully saturated rings. The fourth-order valence-corrected chi connectivity index (χ4v) is 1.67. The normalized spacial score (nSPS) is 11.5.